The van der Waals surface area contributed by atoms with Gasteiger partial charge in [-0.15, -0.1) is 0 Å². The highest BCUT2D eigenvalue weighted by Gasteiger charge is 2.14. The summed E-state index contributed by atoms with van der Waals surface area (Å²) in [6.45, 7) is -0.401. The van der Waals surface area contributed by atoms with Crippen molar-refractivity contribution in [3.05, 3.63) is 57.4 Å². The summed E-state index contributed by atoms with van der Waals surface area (Å²) in [5, 5.41) is 13.2. The topological polar surface area (TPSA) is 90.7 Å². The van der Waals surface area contributed by atoms with E-state index in [0.717, 1.165) is 12.1 Å². The molecule has 0 aliphatic rings. The number of nitrogens with zero attached hydrogens (tertiary/aromatic N) is 1. The minimum absolute atomic E-state index is 0.0389. The lowest BCUT2D eigenvalue weighted by Gasteiger charge is -2.09. The molecule has 126 valence electrons. The van der Waals surface area contributed by atoms with E-state index in [2.05, 4.69) is 5.32 Å². The van der Waals surface area contributed by atoms with E-state index in [4.69, 9.17) is 21.1 Å². The summed E-state index contributed by atoms with van der Waals surface area (Å²) in [6, 6.07) is 7.75. The average Bonchev–Trinajstić information content (AvgIpc) is 2.54. The fourth-order valence-electron chi connectivity index (χ4n) is 1.81. The van der Waals surface area contributed by atoms with E-state index in [0.29, 0.717) is 0 Å². The van der Waals surface area contributed by atoms with Gasteiger partial charge in [0, 0.05) is 17.8 Å². The maximum Gasteiger partial charge on any atom is 0.289 e. The summed E-state index contributed by atoms with van der Waals surface area (Å²) < 4.78 is 23.4. The van der Waals surface area contributed by atoms with Crippen molar-refractivity contribution >= 4 is 28.9 Å². The van der Waals surface area contributed by atoms with Crippen LogP contribution in [0.3, 0.4) is 0 Å². The number of ether oxygens (including phenoxy) is 2. The van der Waals surface area contributed by atoms with E-state index in [1.807, 2.05) is 0 Å². The highest BCUT2D eigenvalue weighted by molar-refractivity contribution is 6.32. The Hall–Kier alpha value is -2.87. The zero-order valence-electron chi connectivity index (χ0n) is 12.4. The summed E-state index contributed by atoms with van der Waals surface area (Å²) >= 11 is 5.68. The van der Waals surface area contributed by atoms with Gasteiger partial charge in [-0.2, -0.15) is 0 Å². The molecule has 0 saturated carbocycles. The Balaban J connectivity index is 1.97. The molecule has 0 unspecified atom stereocenters. The van der Waals surface area contributed by atoms with Crippen LogP contribution in [0.4, 0.5) is 15.8 Å². The molecule has 0 saturated heterocycles. The molecular formula is C15H12ClFN2O5. The van der Waals surface area contributed by atoms with Crippen LogP contribution in [-0.4, -0.2) is 24.5 Å². The third kappa shape index (κ3) is 4.32. The molecule has 7 nitrogen and oxygen atoms in total. The number of anilines is 1. The van der Waals surface area contributed by atoms with Crippen molar-refractivity contribution in [3.8, 4) is 11.5 Å². The molecule has 0 heterocycles. The summed E-state index contributed by atoms with van der Waals surface area (Å²) in [5.74, 6) is -0.989. The quantitative estimate of drug-likeness (QED) is 0.634. The van der Waals surface area contributed by atoms with Crippen LogP contribution in [0.1, 0.15) is 0 Å². The van der Waals surface area contributed by atoms with Crippen molar-refractivity contribution in [1.29, 1.82) is 0 Å². The zero-order valence-corrected chi connectivity index (χ0v) is 13.2. The minimum Gasteiger partial charge on any atom is -0.494 e. The maximum atomic E-state index is 13.5. The first-order valence-electron chi connectivity index (χ1n) is 6.61. The molecule has 0 aliphatic carbocycles. The number of rotatable bonds is 6. The highest BCUT2D eigenvalue weighted by atomic mass is 35.5. The van der Waals surface area contributed by atoms with Gasteiger partial charge in [-0.1, -0.05) is 11.6 Å². The predicted octanol–water partition coefficient (Wildman–Crippen LogP) is 3.41. The average molecular weight is 355 g/mol. The molecule has 1 amide bonds. The van der Waals surface area contributed by atoms with Crippen LogP contribution in [0, 0.1) is 15.9 Å². The standard InChI is InChI=1S/C15H12ClFN2O5/c1-23-14-5-3-10(7-12(14)17)24-8-15(20)18-9-2-4-11(16)13(6-9)19(21)22/h2-7H,8H2,1H3,(H,18,20). The first-order valence-corrected chi connectivity index (χ1v) is 6.98. The Kier molecular flexibility index (Phi) is 5.54. The largest absolute Gasteiger partial charge is 0.494 e. The summed E-state index contributed by atoms with van der Waals surface area (Å²) in [5.41, 5.74) is -0.131. The number of halogens is 2. The number of nitro groups is 1. The Bertz CT molecular complexity index is 784. The number of amides is 1. The van der Waals surface area contributed by atoms with Crippen LogP contribution in [0.15, 0.2) is 36.4 Å². The Morgan fingerprint density at radius 3 is 2.71 bits per heavy atom. The SMILES string of the molecule is COc1ccc(OCC(=O)Nc2ccc(Cl)c([N+](=O)[O-])c2)cc1F. The third-order valence-electron chi connectivity index (χ3n) is 2.92. The van der Waals surface area contributed by atoms with Crippen LogP contribution in [0.25, 0.3) is 0 Å². The number of methoxy groups -OCH3 is 1. The van der Waals surface area contributed by atoms with E-state index >= 15 is 0 Å². The first kappa shape index (κ1) is 17.5. The number of nitrogens with one attached hydrogen (secondary N) is 1. The number of hydrogen-bond donors (Lipinski definition) is 1. The van der Waals surface area contributed by atoms with Gasteiger partial charge in [-0.25, -0.2) is 4.39 Å². The molecule has 9 heteroatoms. The molecule has 1 N–H and O–H groups in total. The van der Waals surface area contributed by atoms with Gasteiger partial charge in [0.05, 0.1) is 12.0 Å². The second kappa shape index (κ2) is 7.60. The predicted molar refractivity (Wildman–Crippen MR) is 85.2 cm³/mol. The lowest BCUT2D eigenvalue weighted by atomic mass is 10.3. The van der Waals surface area contributed by atoms with Gasteiger partial charge in [-0.3, -0.25) is 14.9 Å². The van der Waals surface area contributed by atoms with Gasteiger partial charge < -0.3 is 14.8 Å². The molecule has 2 rings (SSSR count). The van der Waals surface area contributed by atoms with Crippen LogP contribution < -0.4 is 14.8 Å². The van der Waals surface area contributed by atoms with E-state index in [9.17, 15) is 19.3 Å². The third-order valence-corrected chi connectivity index (χ3v) is 3.24. The van der Waals surface area contributed by atoms with Crippen molar-refractivity contribution in [2.75, 3.05) is 19.0 Å². The molecule has 2 aromatic rings. The number of nitro benzene ring substituents is 1. The number of hydrogen-bond acceptors (Lipinski definition) is 5. The van der Waals surface area contributed by atoms with Crippen molar-refractivity contribution in [2.24, 2.45) is 0 Å². The van der Waals surface area contributed by atoms with Crippen LogP contribution in [0.5, 0.6) is 11.5 Å². The highest BCUT2D eigenvalue weighted by Crippen LogP contribution is 2.27. The van der Waals surface area contributed by atoms with Crippen LogP contribution in [0.2, 0.25) is 5.02 Å². The smallest absolute Gasteiger partial charge is 0.289 e. The van der Waals surface area contributed by atoms with Crippen molar-refractivity contribution in [2.45, 2.75) is 0 Å². The van der Waals surface area contributed by atoms with Gasteiger partial charge in [0.15, 0.2) is 18.2 Å². The first-order chi connectivity index (χ1) is 11.4. The summed E-state index contributed by atoms with van der Waals surface area (Å²) in [6.07, 6.45) is 0. The van der Waals surface area contributed by atoms with Crippen molar-refractivity contribution in [1.82, 2.24) is 0 Å². The number of carbonyl (C=O) groups excluding carboxylic acids is 1. The lowest BCUT2D eigenvalue weighted by molar-refractivity contribution is -0.384. The van der Waals surface area contributed by atoms with Gasteiger partial charge in [0.1, 0.15) is 10.8 Å². The molecule has 0 aliphatic heterocycles. The van der Waals surface area contributed by atoms with Gasteiger partial charge in [-0.05, 0) is 24.3 Å². The molecular weight excluding hydrogens is 343 g/mol. The van der Waals surface area contributed by atoms with Crippen molar-refractivity contribution < 1.29 is 23.6 Å². The zero-order chi connectivity index (χ0) is 17.7. The molecule has 0 aromatic heterocycles. The number of carbonyl (C=O) groups is 1. The molecule has 0 fully saturated rings. The van der Waals surface area contributed by atoms with E-state index < -0.39 is 23.3 Å². The Morgan fingerprint density at radius 1 is 1.33 bits per heavy atom. The Labute approximate surface area is 141 Å². The Morgan fingerprint density at radius 2 is 2.08 bits per heavy atom. The molecule has 24 heavy (non-hydrogen) atoms. The molecule has 0 atom stereocenters. The fourth-order valence-corrected chi connectivity index (χ4v) is 2.00. The molecule has 0 radical (unpaired) electrons. The van der Waals surface area contributed by atoms with Crippen molar-refractivity contribution in [3.63, 3.8) is 0 Å². The van der Waals surface area contributed by atoms with Gasteiger partial charge in [0.25, 0.3) is 11.6 Å². The summed E-state index contributed by atoms with van der Waals surface area (Å²) in [7, 11) is 1.33. The molecule has 2 aromatic carbocycles. The van der Waals surface area contributed by atoms with E-state index in [-0.39, 0.29) is 27.9 Å². The van der Waals surface area contributed by atoms with Crippen LogP contribution in [-0.2, 0) is 4.79 Å². The van der Waals surface area contributed by atoms with E-state index in [1.165, 1.54) is 31.4 Å². The second-order valence-corrected chi connectivity index (χ2v) is 4.96. The van der Waals surface area contributed by atoms with Gasteiger partial charge in [0.2, 0.25) is 0 Å². The molecule has 0 spiro atoms. The second-order valence-electron chi connectivity index (χ2n) is 4.56. The maximum absolute atomic E-state index is 13.5. The van der Waals surface area contributed by atoms with Gasteiger partial charge >= 0.3 is 0 Å². The molecule has 0 bridgehead atoms. The minimum atomic E-state index is -0.658. The van der Waals surface area contributed by atoms with Crippen LogP contribution >= 0.6 is 11.6 Å². The fraction of sp³-hybridized carbons (Fsp3) is 0.133. The van der Waals surface area contributed by atoms with E-state index in [1.54, 1.807) is 0 Å². The monoisotopic (exact) mass is 354 g/mol. The lowest BCUT2D eigenvalue weighted by Crippen LogP contribution is -2.20. The summed E-state index contributed by atoms with van der Waals surface area (Å²) in [4.78, 5) is 21.9. The normalized spacial score (nSPS) is 10.1. The number of benzene rings is 2.